The average molecular weight is 310 g/mol. The minimum atomic E-state index is -4.37. The summed E-state index contributed by atoms with van der Waals surface area (Å²) in [6.45, 7) is -1.22. The molecule has 3 N–H and O–H groups in total. The lowest BCUT2D eigenvalue weighted by Gasteiger charge is -2.10. The van der Waals surface area contributed by atoms with Gasteiger partial charge in [0.25, 0.3) is 0 Å². The van der Waals surface area contributed by atoms with Gasteiger partial charge in [-0.05, 0) is 6.07 Å². The molecule has 0 spiro atoms. The van der Waals surface area contributed by atoms with Crippen LogP contribution < -0.4 is 10.6 Å². The van der Waals surface area contributed by atoms with E-state index >= 15 is 0 Å². The maximum atomic E-state index is 12.3. The first-order valence-electron chi connectivity index (χ1n) is 6.07. The van der Waals surface area contributed by atoms with Crippen molar-refractivity contribution in [2.75, 3.05) is 17.2 Å². The second-order valence-electron chi connectivity index (χ2n) is 4.16. The molecule has 0 unspecified atom stereocenters. The number of hydrogen-bond donors (Lipinski definition) is 3. The molecule has 0 atom stereocenters. The first-order chi connectivity index (χ1) is 10.5. The molecule has 22 heavy (non-hydrogen) atoms. The molecule has 3 heterocycles. The van der Waals surface area contributed by atoms with Crippen molar-refractivity contribution in [2.24, 2.45) is 0 Å². The number of hydrogen-bond acceptors (Lipinski definition) is 7. The van der Waals surface area contributed by atoms with Gasteiger partial charge in [-0.25, -0.2) is 15.0 Å². The fourth-order valence-corrected chi connectivity index (χ4v) is 1.66. The smallest absolute Gasteiger partial charge is 0.359 e. The van der Waals surface area contributed by atoms with Gasteiger partial charge in [-0.1, -0.05) is 0 Å². The fourth-order valence-electron chi connectivity index (χ4n) is 1.66. The van der Waals surface area contributed by atoms with Crippen LogP contribution >= 0.6 is 0 Å². The van der Waals surface area contributed by atoms with Crippen molar-refractivity contribution in [3.8, 4) is 0 Å². The van der Waals surface area contributed by atoms with Gasteiger partial charge in [-0.2, -0.15) is 23.1 Å². The van der Waals surface area contributed by atoms with Crippen molar-refractivity contribution in [2.45, 2.75) is 6.18 Å². The van der Waals surface area contributed by atoms with E-state index in [4.69, 9.17) is 0 Å². The van der Waals surface area contributed by atoms with Crippen LogP contribution in [0.15, 0.2) is 24.8 Å². The molecule has 0 aliphatic carbocycles. The number of H-pyrrole nitrogens is 1. The van der Waals surface area contributed by atoms with Crippen LogP contribution in [0, 0.1) is 0 Å². The maximum absolute atomic E-state index is 12.3. The molecule has 3 rings (SSSR count). The Kier molecular flexibility index (Phi) is 3.45. The highest BCUT2D eigenvalue weighted by molar-refractivity contribution is 5.83. The summed E-state index contributed by atoms with van der Waals surface area (Å²) in [7, 11) is 0. The van der Waals surface area contributed by atoms with E-state index in [2.05, 4.69) is 40.5 Å². The number of imidazole rings is 1. The molecule has 0 aromatic carbocycles. The number of rotatable bonds is 4. The van der Waals surface area contributed by atoms with Crippen LogP contribution in [0.3, 0.4) is 0 Å². The van der Waals surface area contributed by atoms with Crippen LogP contribution in [-0.2, 0) is 0 Å². The lowest BCUT2D eigenvalue weighted by Crippen LogP contribution is -2.22. The zero-order valence-electron chi connectivity index (χ0n) is 10.9. The molecule has 8 nitrogen and oxygen atoms in total. The van der Waals surface area contributed by atoms with E-state index in [-0.39, 0.29) is 28.9 Å². The van der Waals surface area contributed by atoms with Crippen LogP contribution in [0.2, 0.25) is 0 Å². The Labute approximate surface area is 121 Å². The van der Waals surface area contributed by atoms with E-state index in [9.17, 15) is 13.2 Å². The number of nitrogens with zero attached hydrogens (tertiary/aromatic N) is 5. The highest BCUT2D eigenvalue weighted by Gasteiger charge is 2.27. The highest BCUT2D eigenvalue weighted by atomic mass is 19.4. The third-order valence-electron chi connectivity index (χ3n) is 2.53. The number of fused-ring (bicyclic) bond motifs is 1. The molecule has 0 bridgehead atoms. The number of aromatic nitrogens is 6. The zero-order chi connectivity index (χ0) is 15.6. The molecule has 114 valence electrons. The Morgan fingerprint density at radius 2 is 1.82 bits per heavy atom. The van der Waals surface area contributed by atoms with Gasteiger partial charge in [-0.15, -0.1) is 0 Å². The van der Waals surface area contributed by atoms with Crippen molar-refractivity contribution >= 4 is 28.9 Å². The molecule has 3 aromatic rings. The molecule has 0 saturated heterocycles. The van der Waals surface area contributed by atoms with Gasteiger partial charge in [0.1, 0.15) is 12.1 Å². The third-order valence-corrected chi connectivity index (χ3v) is 2.53. The lowest BCUT2D eigenvalue weighted by molar-refractivity contribution is -0.115. The van der Waals surface area contributed by atoms with Gasteiger partial charge < -0.3 is 10.3 Å². The summed E-state index contributed by atoms with van der Waals surface area (Å²) in [4.78, 5) is 22.5. The number of aromatic amines is 1. The number of nitrogens with one attached hydrogen (secondary N) is 3. The standard InChI is InChI=1S/C11H9F3N8/c12-11(13,14)4-17-7-6-8(19-5-18-6)21-10(20-7)22-9-15-2-1-3-16-9/h1-3,5H,4H2,(H3,15,16,17,18,19,20,21,22). The van der Waals surface area contributed by atoms with Crippen LogP contribution in [0.1, 0.15) is 0 Å². The molecule has 0 amide bonds. The second-order valence-corrected chi connectivity index (χ2v) is 4.16. The molecule has 0 aliphatic heterocycles. The van der Waals surface area contributed by atoms with E-state index in [1.54, 1.807) is 6.07 Å². The van der Waals surface area contributed by atoms with Gasteiger partial charge in [0.2, 0.25) is 11.9 Å². The summed E-state index contributed by atoms with van der Waals surface area (Å²) in [6, 6.07) is 1.62. The fraction of sp³-hybridized carbons (Fsp3) is 0.182. The number of halogens is 3. The van der Waals surface area contributed by atoms with E-state index in [0.717, 1.165) is 0 Å². The van der Waals surface area contributed by atoms with Crippen LogP contribution in [0.4, 0.5) is 30.9 Å². The summed E-state index contributed by atoms with van der Waals surface area (Å²) in [6.07, 6.45) is -0.0369. The predicted molar refractivity (Wildman–Crippen MR) is 71.5 cm³/mol. The van der Waals surface area contributed by atoms with Crippen LogP contribution in [0.5, 0.6) is 0 Å². The summed E-state index contributed by atoms with van der Waals surface area (Å²) in [5.41, 5.74) is 0.502. The lowest BCUT2D eigenvalue weighted by atomic mass is 10.4. The van der Waals surface area contributed by atoms with Crippen molar-refractivity contribution < 1.29 is 13.2 Å². The molecular formula is C11H9F3N8. The highest BCUT2D eigenvalue weighted by Crippen LogP contribution is 2.22. The molecule has 0 saturated carbocycles. The summed E-state index contributed by atoms with van der Waals surface area (Å²) in [5, 5.41) is 4.92. The Bertz CT molecular complexity index is 770. The van der Waals surface area contributed by atoms with Gasteiger partial charge >= 0.3 is 6.18 Å². The summed E-state index contributed by atoms with van der Waals surface area (Å²) in [5.74, 6) is 0.243. The minimum Gasteiger partial charge on any atom is -0.359 e. The zero-order valence-corrected chi connectivity index (χ0v) is 10.9. The van der Waals surface area contributed by atoms with Gasteiger partial charge in [0.15, 0.2) is 11.5 Å². The van der Waals surface area contributed by atoms with Gasteiger partial charge in [0, 0.05) is 12.4 Å². The minimum absolute atomic E-state index is 0.0155. The molecule has 0 fully saturated rings. The van der Waals surface area contributed by atoms with E-state index in [1.165, 1.54) is 18.7 Å². The van der Waals surface area contributed by atoms with Gasteiger partial charge in [-0.3, -0.25) is 5.32 Å². The number of alkyl halides is 3. The normalized spacial score (nSPS) is 11.6. The molecule has 0 aliphatic rings. The molecular weight excluding hydrogens is 301 g/mol. The third kappa shape index (κ3) is 3.19. The Hall–Kier alpha value is -2.98. The number of anilines is 3. The Morgan fingerprint density at radius 3 is 2.55 bits per heavy atom. The van der Waals surface area contributed by atoms with Crippen LogP contribution in [0.25, 0.3) is 11.2 Å². The van der Waals surface area contributed by atoms with Crippen molar-refractivity contribution in [1.82, 2.24) is 29.9 Å². The second kappa shape index (κ2) is 5.42. The SMILES string of the molecule is FC(F)(F)CNc1nc(Nc2ncccn2)nc2nc[nH]c12. The van der Waals surface area contributed by atoms with Crippen molar-refractivity contribution in [3.63, 3.8) is 0 Å². The van der Waals surface area contributed by atoms with E-state index in [1.807, 2.05) is 0 Å². The van der Waals surface area contributed by atoms with Crippen LogP contribution in [-0.4, -0.2) is 42.6 Å². The largest absolute Gasteiger partial charge is 0.405 e. The average Bonchev–Trinajstić information content (AvgIpc) is 2.93. The van der Waals surface area contributed by atoms with Crippen molar-refractivity contribution in [3.05, 3.63) is 24.8 Å². The van der Waals surface area contributed by atoms with E-state index in [0.29, 0.717) is 0 Å². The molecule has 0 radical (unpaired) electrons. The molecule has 11 heteroatoms. The topological polar surface area (TPSA) is 104 Å². The predicted octanol–water partition coefficient (Wildman–Crippen LogP) is 1.86. The quantitative estimate of drug-likeness (QED) is 0.675. The van der Waals surface area contributed by atoms with E-state index < -0.39 is 12.7 Å². The maximum Gasteiger partial charge on any atom is 0.405 e. The summed E-state index contributed by atoms with van der Waals surface area (Å²) < 4.78 is 37.0. The van der Waals surface area contributed by atoms with Crippen molar-refractivity contribution in [1.29, 1.82) is 0 Å². The summed E-state index contributed by atoms with van der Waals surface area (Å²) >= 11 is 0. The Balaban J connectivity index is 1.91. The van der Waals surface area contributed by atoms with Gasteiger partial charge in [0.05, 0.1) is 6.33 Å². The molecule has 3 aromatic heterocycles. The first kappa shape index (κ1) is 14.0. The monoisotopic (exact) mass is 310 g/mol. The Morgan fingerprint density at radius 1 is 1.05 bits per heavy atom. The first-order valence-corrected chi connectivity index (χ1v) is 6.07.